The van der Waals surface area contributed by atoms with Gasteiger partial charge in [0, 0.05) is 43.9 Å². The van der Waals surface area contributed by atoms with Crippen LogP contribution in [0.2, 0.25) is 0 Å². The largest absolute Gasteiger partial charge is 0.454 e. The summed E-state index contributed by atoms with van der Waals surface area (Å²) in [6.45, 7) is 5.74. The zero-order valence-electron chi connectivity index (χ0n) is 19.1. The summed E-state index contributed by atoms with van der Waals surface area (Å²) >= 11 is 0. The first kappa shape index (κ1) is 21.1. The van der Waals surface area contributed by atoms with Crippen molar-refractivity contribution in [2.75, 3.05) is 33.0 Å². The maximum absolute atomic E-state index is 14.0. The lowest BCUT2D eigenvalue weighted by molar-refractivity contribution is 0.0279. The molecule has 0 unspecified atom stereocenters. The fourth-order valence-electron chi connectivity index (χ4n) is 5.59. The summed E-state index contributed by atoms with van der Waals surface area (Å²) in [7, 11) is 0. The van der Waals surface area contributed by atoms with Crippen LogP contribution in [-0.4, -0.2) is 54.3 Å². The van der Waals surface area contributed by atoms with E-state index >= 15 is 0 Å². The number of carbonyl (C=O) groups excluding carboxylic acids is 2. The second kappa shape index (κ2) is 8.08. The molecular formula is C28H26N2O4. The lowest BCUT2D eigenvalue weighted by Gasteiger charge is -2.44. The van der Waals surface area contributed by atoms with Crippen LogP contribution in [-0.2, 0) is 12.1 Å². The van der Waals surface area contributed by atoms with E-state index in [0.717, 1.165) is 47.8 Å². The van der Waals surface area contributed by atoms with Gasteiger partial charge in [-0.3, -0.25) is 19.4 Å². The number of Topliss-reactive ketones (excluding diaryl/α,β-unsaturated/α-hetero) is 2. The number of piperazine rings is 1. The Kier molecular flexibility index (Phi) is 5.01. The number of ketones is 2. The fourth-order valence-corrected chi connectivity index (χ4v) is 5.59. The highest BCUT2D eigenvalue weighted by Crippen LogP contribution is 2.44. The summed E-state index contributed by atoms with van der Waals surface area (Å²) in [6.07, 6.45) is 0. The molecule has 1 fully saturated rings. The average molecular weight is 455 g/mol. The van der Waals surface area contributed by atoms with Crippen molar-refractivity contribution in [1.82, 2.24) is 9.80 Å². The Morgan fingerprint density at radius 3 is 2.35 bits per heavy atom. The molecule has 0 amide bonds. The minimum atomic E-state index is -1.29. The molecule has 3 aliphatic rings. The lowest BCUT2D eigenvalue weighted by atomic mass is 9.82. The van der Waals surface area contributed by atoms with Gasteiger partial charge < -0.3 is 9.47 Å². The van der Waals surface area contributed by atoms with Gasteiger partial charge in [-0.15, -0.1) is 0 Å². The number of hydrogen-bond acceptors (Lipinski definition) is 6. The minimum absolute atomic E-state index is 0.0963. The van der Waals surface area contributed by atoms with E-state index in [2.05, 4.69) is 15.9 Å². The molecule has 1 aliphatic carbocycles. The molecule has 1 saturated heterocycles. The van der Waals surface area contributed by atoms with Gasteiger partial charge in [0.25, 0.3) is 0 Å². The molecule has 2 aliphatic heterocycles. The summed E-state index contributed by atoms with van der Waals surface area (Å²) in [5.74, 6) is 1.37. The van der Waals surface area contributed by atoms with Crippen LogP contribution >= 0.6 is 0 Å². The molecule has 0 bridgehead atoms. The summed E-state index contributed by atoms with van der Waals surface area (Å²) in [4.78, 5) is 32.4. The van der Waals surface area contributed by atoms with Crippen LogP contribution in [0.1, 0.15) is 37.4 Å². The molecular weight excluding hydrogens is 428 g/mol. The smallest absolute Gasteiger partial charge is 0.231 e. The number of nitrogens with zero attached hydrogens (tertiary/aromatic N) is 2. The van der Waals surface area contributed by atoms with Crippen LogP contribution in [0.5, 0.6) is 11.5 Å². The molecule has 6 heteroatoms. The Balaban J connectivity index is 1.29. The van der Waals surface area contributed by atoms with Crippen molar-refractivity contribution in [3.8, 4) is 11.5 Å². The van der Waals surface area contributed by atoms with E-state index in [1.165, 1.54) is 0 Å². The molecule has 172 valence electrons. The van der Waals surface area contributed by atoms with E-state index in [1.54, 1.807) is 6.07 Å². The molecule has 2 heterocycles. The van der Waals surface area contributed by atoms with E-state index in [-0.39, 0.29) is 18.4 Å². The first-order chi connectivity index (χ1) is 16.6. The molecule has 6 rings (SSSR count). The first-order valence-corrected chi connectivity index (χ1v) is 11.7. The van der Waals surface area contributed by atoms with Gasteiger partial charge in [-0.1, -0.05) is 54.6 Å². The fraction of sp³-hybridized carbons (Fsp3) is 0.286. The molecule has 34 heavy (non-hydrogen) atoms. The predicted molar refractivity (Wildman–Crippen MR) is 127 cm³/mol. The van der Waals surface area contributed by atoms with Crippen LogP contribution in [0.15, 0.2) is 66.7 Å². The van der Waals surface area contributed by atoms with Crippen LogP contribution in [0, 0.1) is 6.92 Å². The van der Waals surface area contributed by atoms with Crippen LogP contribution < -0.4 is 9.47 Å². The van der Waals surface area contributed by atoms with Crippen molar-refractivity contribution in [3.05, 3.63) is 94.5 Å². The highest BCUT2D eigenvalue weighted by molar-refractivity contribution is 6.33. The van der Waals surface area contributed by atoms with E-state index in [9.17, 15) is 9.59 Å². The van der Waals surface area contributed by atoms with Crippen molar-refractivity contribution in [1.29, 1.82) is 0 Å². The van der Waals surface area contributed by atoms with Gasteiger partial charge in [0.2, 0.25) is 6.79 Å². The molecule has 1 atom stereocenters. The zero-order chi connectivity index (χ0) is 23.3. The maximum Gasteiger partial charge on any atom is 0.231 e. The number of benzene rings is 3. The quantitative estimate of drug-likeness (QED) is 0.559. The van der Waals surface area contributed by atoms with Crippen LogP contribution in [0.25, 0.3) is 0 Å². The summed E-state index contributed by atoms with van der Waals surface area (Å²) in [6, 6.07) is 21.2. The molecule has 0 radical (unpaired) electrons. The Morgan fingerprint density at radius 1 is 0.824 bits per heavy atom. The average Bonchev–Trinajstić information content (AvgIpc) is 3.42. The van der Waals surface area contributed by atoms with Gasteiger partial charge in [-0.05, 0) is 35.7 Å². The van der Waals surface area contributed by atoms with Gasteiger partial charge >= 0.3 is 0 Å². The molecule has 3 aromatic carbocycles. The van der Waals surface area contributed by atoms with E-state index in [0.29, 0.717) is 24.2 Å². The van der Waals surface area contributed by atoms with Gasteiger partial charge in [0.15, 0.2) is 28.6 Å². The van der Waals surface area contributed by atoms with E-state index in [1.807, 2.05) is 61.5 Å². The molecule has 6 nitrogen and oxygen atoms in total. The number of hydrogen-bond donors (Lipinski definition) is 0. The maximum atomic E-state index is 14.0. The third kappa shape index (κ3) is 3.10. The second-order valence-corrected chi connectivity index (χ2v) is 9.18. The minimum Gasteiger partial charge on any atom is -0.454 e. The number of aryl methyl sites for hydroxylation is 1. The number of carbonyl (C=O) groups is 2. The molecule has 0 spiro atoms. The number of rotatable bonds is 4. The van der Waals surface area contributed by atoms with Crippen molar-refractivity contribution in [3.63, 3.8) is 0 Å². The summed E-state index contributed by atoms with van der Waals surface area (Å²) in [5.41, 5.74) is 2.59. The van der Waals surface area contributed by atoms with Gasteiger partial charge in [0.05, 0.1) is 0 Å². The third-order valence-electron chi connectivity index (χ3n) is 7.28. The monoisotopic (exact) mass is 454 g/mol. The lowest BCUT2D eigenvalue weighted by Crippen LogP contribution is -2.60. The predicted octanol–water partition coefficient (Wildman–Crippen LogP) is 3.82. The van der Waals surface area contributed by atoms with Gasteiger partial charge in [-0.25, -0.2) is 0 Å². The van der Waals surface area contributed by atoms with Gasteiger partial charge in [0.1, 0.15) is 0 Å². The Labute approximate surface area is 198 Å². The Morgan fingerprint density at radius 2 is 1.59 bits per heavy atom. The normalized spacial score (nSPS) is 22.3. The summed E-state index contributed by atoms with van der Waals surface area (Å²) < 4.78 is 10.9. The van der Waals surface area contributed by atoms with Crippen LogP contribution in [0.4, 0.5) is 0 Å². The van der Waals surface area contributed by atoms with Crippen molar-refractivity contribution in [2.24, 2.45) is 0 Å². The van der Waals surface area contributed by atoms with E-state index in [4.69, 9.17) is 9.47 Å². The highest BCUT2D eigenvalue weighted by Gasteiger charge is 2.58. The number of ether oxygens (including phenoxy) is 2. The third-order valence-corrected chi connectivity index (χ3v) is 7.28. The first-order valence-electron chi connectivity index (χ1n) is 11.7. The SMILES string of the molecule is Cc1cccc2c1C(=O)[C@](c1ccccc1)(N1CCN(Cc3ccc4c(c3)OCO4)CC1)C2=O. The molecule has 0 aromatic heterocycles. The topological polar surface area (TPSA) is 59.1 Å². The van der Waals surface area contributed by atoms with Crippen LogP contribution in [0.3, 0.4) is 0 Å². The Bertz CT molecular complexity index is 1280. The molecule has 3 aromatic rings. The highest BCUT2D eigenvalue weighted by atomic mass is 16.7. The summed E-state index contributed by atoms with van der Waals surface area (Å²) in [5, 5.41) is 0. The van der Waals surface area contributed by atoms with E-state index < -0.39 is 5.54 Å². The van der Waals surface area contributed by atoms with Crippen molar-refractivity contribution in [2.45, 2.75) is 19.0 Å². The molecule has 0 N–H and O–H groups in total. The Hall–Kier alpha value is -3.48. The number of fused-ring (bicyclic) bond motifs is 2. The van der Waals surface area contributed by atoms with Crippen molar-refractivity contribution >= 4 is 11.6 Å². The standard InChI is InChI=1S/C28H26N2O4/c1-19-6-5-9-22-25(19)27(32)28(26(22)31,21-7-3-2-4-8-21)30-14-12-29(13-15-30)17-20-10-11-23-24(16-20)34-18-33-23/h2-11,16H,12-15,17-18H2,1H3/t28-/m1/s1. The zero-order valence-corrected chi connectivity index (χ0v) is 19.1. The van der Waals surface area contributed by atoms with Crippen molar-refractivity contribution < 1.29 is 19.1 Å². The second-order valence-electron chi connectivity index (χ2n) is 9.18. The van der Waals surface area contributed by atoms with Gasteiger partial charge in [-0.2, -0.15) is 0 Å². The molecule has 0 saturated carbocycles.